The topological polar surface area (TPSA) is 35.2 Å². The summed E-state index contributed by atoms with van der Waals surface area (Å²) in [7, 11) is 0. The molecule has 0 aliphatic rings. The smallest absolute Gasteiger partial charge is 0.124 e. The molecule has 2 atom stereocenters. The third kappa shape index (κ3) is 5.53. The van der Waals surface area contributed by atoms with E-state index >= 15 is 0 Å². The van der Waals surface area contributed by atoms with Crippen molar-refractivity contribution in [2.75, 3.05) is 6.61 Å². The van der Waals surface area contributed by atoms with Crippen molar-refractivity contribution in [1.29, 1.82) is 0 Å². The molecule has 0 fully saturated rings. The van der Waals surface area contributed by atoms with E-state index in [1.165, 1.54) is 25.7 Å². The Labute approximate surface area is 125 Å². The first-order valence-electron chi connectivity index (χ1n) is 7.26. The van der Waals surface area contributed by atoms with Crippen molar-refractivity contribution in [3.05, 3.63) is 28.2 Å². The quantitative estimate of drug-likeness (QED) is 0.723. The predicted molar refractivity (Wildman–Crippen MR) is 85.5 cm³/mol. The van der Waals surface area contributed by atoms with Crippen LogP contribution in [0.4, 0.5) is 0 Å². The summed E-state index contributed by atoms with van der Waals surface area (Å²) in [5.41, 5.74) is 7.07. The van der Waals surface area contributed by atoms with Crippen LogP contribution in [0.1, 0.15) is 58.1 Å². The van der Waals surface area contributed by atoms with Crippen LogP contribution in [0.3, 0.4) is 0 Å². The van der Waals surface area contributed by atoms with E-state index in [9.17, 15) is 0 Å². The van der Waals surface area contributed by atoms with Gasteiger partial charge >= 0.3 is 0 Å². The fourth-order valence-corrected chi connectivity index (χ4v) is 2.49. The number of hydrogen-bond acceptors (Lipinski definition) is 2. The molecule has 1 rings (SSSR count). The molecule has 2 unspecified atom stereocenters. The van der Waals surface area contributed by atoms with Gasteiger partial charge in [0.2, 0.25) is 0 Å². The van der Waals surface area contributed by atoms with E-state index in [1.54, 1.807) is 0 Å². The second-order valence-corrected chi connectivity index (χ2v) is 6.11. The highest BCUT2D eigenvalue weighted by atomic mass is 79.9. The summed E-state index contributed by atoms with van der Waals surface area (Å²) in [6, 6.07) is 6.06. The van der Waals surface area contributed by atoms with Crippen LogP contribution in [0, 0.1) is 5.92 Å². The van der Waals surface area contributed by atoms with Crippen molar-refractivity contribution in [2.24, 2.45) is 11.7 Å². The van der Waals surface area contributed by atoms with Gasteiger partial charge in [-0.25, -0.2) is 0 Å². The number of ether oxygens (including phenoxy) is 1. The van der Waals surface area contributed by atoms with Crippen LogP contribution >= 0.6 is 15.9 Å². The minimum absolute atomic E-state index is 0.0109. The van der Waals surface area contributed by atoms with E-state index in [-0.39, 0.29) is 6.04 Å². The summed E-state index contributed by atoms with van der Waals surface area (Å²) < 4.78 is 7.05. The summed E-state index contributed by atoms with van der Waals surface area (Å²) in [5.74, 6) is 1.57. The zero-order valence-electron chi connectivity index (χ0n) is 12.3. The Bertz CT molecular complexity index is 379. The highest BCUT2D eigenvalue weighted by Gasteiger charge is 2.12. The summed E-state index contributed by atoms with van der Waals surface area (Å²) in [4.78, 5) is 0. The summed E-state index contributed by atoms with van der Waals surface area (Å²) >= 11 is 3.48. The monoisotopic (exact) mass is 327 g/mol. The second-order valence-electron chi connectivity index (χ2n) is 5.20. The van der Waals surface area contributed by atoms with E-state index < -0.39 is 0 Å². The van der Waals surface area contributed by atoms with Gasteiger partial charge in [0, 0.05) is 16.1 Å². The first-order valence-corrected chi connectivity index (χ1v) is 8.05. The molecule has 1 aromatic carbocycles. The van der Waals surface area contributed by atoms with Crippen LogP contribution in [-0.4, -0.2) is 6.61 Å². The third-order valence-electron chi connectivity index (χ3n) is 3.48. The molecule has 0 amide bonds. The van der Waals surface area contributed by atoms with Gasteiger partial charge in [0.05, 0.1) is 6.61 Å². The molecule has 2 N–H and O–H groups in total. The second kappa shape index (κ2) is 8.60. The van der Waals surface area contributed by atoms with Gasteiger partial charge in [-0.2, -0.15) is 0 Å². The van der Waals surface area contributed by atoms with Crippen molar-refractivity contribution in [3.8, 4) is 5.75 Å². The summed E-state index contributed by atoms with van der Waals surface area (Å²) in [6.45, 7) is 7.25. The molecule has 0 saturated carbocycles. The van der Waals surface area contributed by atoms with Gasteiger partial charge in [-0.15, -0.1) is 0 Å². The van der Waals surface area contributed by atoms with Crippen LogP contribution in [0.5, 0.6) is 5.75 Å². The molecule has 3 heteroatoms. The van der Waals surface area contributed by atoms with Gasteiger partial charge in [-0.3, -0.25) is 0 Å². The van der Waals surface area contributed by atoms with E-state index in [1.807, 2.05) is 25.1 Å². The molecule has 0 aromatic heterocycles. The minimum atomic E-state index is -0.0109. The molecule has 0 bridgehead atoms. The number of unbranched alkanes of at least 4 members (excludes halogenated alkanes) is 1. The van der Waals surface area contributed by atoms with Crippen molar-refractivity contribution >= 4 is 15.9 Å². The van der Waals surface area contributed by atoms with Crippen LogP contribution in [0.15, 0.2) is 22.7 Å². The summed E-state index contributed by atoms with van der Waals surface area (Å²) in [6.07, 6.45) is 4.95. The molecule has 0 heterocycles. The average Bonchev–Trinajstić information content (AvgIpc) is 2.40. The SMILES string of the molecule is CCCCC(CC)COc1ccc(Br)cc1C(C)N. The molecule has 108 valence electrons. The molecule has 0 aliphatic heterocycles. The van der Waals surface area contributed by atoms with Crippen LogP contribution in [0.25, 0.3) is 0 Å². The van der Waals surface area contributed by atoms with Crippen molar-refractivity contribution < 1.29 is 4.74 Å². The van der Waals surface area contributed by atoms with Crippen LogP contribution in [-0.2, 0) is 0 Å². The maximum Gasteiger partial charge on any atom is 0.124 e. The predicted octanol–water partition coefficient (Wildman–Crippen LogP) is 5.06. The molecular formula is C16H26BrNO. The molecule has 2 nitrogen and oxygen atoms in total. The van der Waals surface area contributed by atoms with E-state index in [4.69, 9.17) is 10.5 Å². The maximum atomic E-state index is 6.00. The molecule has 1 aromatic rings. The van der Waals surface area contributed by atoms with Gasteiger partial charge in [0.1, 0.15) is 5.75 Å². The Morgan fingerprint density at radius 2 is 2.05 bits per heavy atom. The molecule has 0 radical (unpaired) electrons. The zero-order valence-corrected chi connectivity index (χ0v) is 13.9. The van der Waals surface area contributed by atoms with Crippen molar-refractivity contribution in [3.63, 3.8) is 0 Å². The molecule has 0 spiro atoms. The van der Waals surface area contributed by atoms with E-state index in [0.29, 0.717) is 5.92 Å². The Morgan fingerprint density at radius 1 is 1.32 bits per heavy atom. The lowest BCUT2D eigenvalue weighted by Crippen LogP contribution is -2.14. The Kier molecular flexibility index (Phi) is 7.47. The lowest BCUT2D eigenvalue weighted by atomic mass is 10.0. The largest absolute Gasteiger partial charge is 0.493 e. The molecule has 0 aliphatic carbocycles. The first kappa shape index (κ1) is 16.5. The van der Waals surface area contributed by atoms with Gasteiger partial charge in [-0.05, 0) is 37.5 Å². The van der Waals surface area contributed by atoms with Gasteiger partial charge < -0.3 is 10.5 Å². The Hall–Kier alpha value is -0.540. The Morgan fingerprint density at radius 3 is 2.63 bits per heavy atom. The van der Waals surface area contributed by atoms with Gasteiger partial charge in [0.25, 0.3) is 0 Å². The van der Waals surface area contributed by atoms with Gasteiger partial charge in [0.15, 0.2) is 0 Å². The molecular weight excluding hydrogens is 302 g/mol. The fraction of sp³-hybridized carbons (Fsp3) is 0.625. The van der Waals surface area contributed by atoms with E-state index in [2.05, 4.69) is 29.8 Å². The highest BCUT2D eigenvalue weighted by Crippen LogP contribution is 2.28. The third-order valence-corrected chi connectivity index (χ3v) is 3.97. The zero-order chi connectivity index (χ0) is 14.3. The number of rotatable bonds is 8. The number of halogens is 1. The van der Waals surface area contributed by atoms with Crippen molar-refractivity contribution in [2.45, 2.75) is 52.5 Å². The number of nitrogens with two attached hydrogens (primary N) is 1. The number of hydrogen-bond donors (Lipinski definition) is 1. The lowest BCUT2D eigenvalue weighted by Gasteiger charge is -2.19. The molecule has 0 saturated heterocycles. The lowest BCUT2D eigenvalue weighted by molar-refractivity contribution is 0.231. The van der Waals surface area contributed by atoms with Crippen LogP contribution in [0.2, 0.25) is 0 Å². The Balaban J connectivity index is 2.65. The minimum Gasteiger partial charge on any atom is -0.493 e. The number of benzene rings is 1. The normalized spacial score (nSPS) is 14.2. The fourth-order valence-electron chi connectivity index (χ4n) is 2.11. The summed E-state index contributed by atoms with van der Waals surface area (Å²) in [5, 5.41) is 0. The molecule has 19 heavy (non-hydrogen) atoms. The van der Waals surface area contributed by atoms with Crippen LogP contribution < -0.4 is 10.5 Å². The maximum absolute atomic E-state index is 6.00. The van der Waals surface area contributed by atoms with Crippen molar-refractivity contribution in [1.82, 2.24) is 0 Å². The average molecular weight is 328 g/mol. The standard InChI is InChI=1S/C16H26BrNO/c1-4-6-7-13(5-2)11-19-16-9-8-14(17)10-15(16)12(3)18/h8-10,12-13H,4-7,11,18H2,1-3H3. The first-order chi connectivity index (χ1) is 9.08. The highest BCUT2D eigenvalue weighted by molar-refractivity contribution is 9.10. The van der Waals surface area contributed by atoms with E-state index in [0.717, 1.165) is 22.4 Å². The van der Waals surface area contributed by atoms with Gasteiger partial charge in [-0.1, -0.05) is 49.0 Å².